The molecule has 0 atom stereocenters. The number of nitrogens with zero attached hydrogens (tertiary/aromatic N) is 1. The molecule has 0 saturated heterocycles. The van der Waals surface area contributed by atoms with Crippen LogP contribution in [0.15, 0.2) is 72.8 Å². The second-order valence-electron chi connectivity index (χ2n) is 6.32. The molecule has 0 N–H and O–H groups in total. The highest BCUT2D eigenvalue weighted by atomic mass is 14.7. The molecule has 0 aliphatic heterocycles. The summed E-state index contributed by atoms with van der Waals surface area (Å²) in [6.07, 6.45) is 3.46. The molecule has 1 aromatic heterocycles. The minimum atomic E-state index is 1.08. The molecule has 0 fully saturated rings. The summed E-state index contributed by atoms with van der Waals surface area (Å²) in [7, 11) is 0. The standard InChI is InChI=1S/C23H21N/c1-2-3-9-19-16-21-20-13-8-7-10-17(20)14-15-22(21)24-23(19)18-11-5-4-6-12-18/h4-8,10-16H,2-3,9H2,1H3. The van der Waals surface area contributed by atoms with Gasteiger partial charge < -0.3 is 0 Å². The molecule has 0 amide bonds. The minimum Gasteiger partial charge on any atom is -0.247 e. The fourth-order valence-corrected chi connectivity index (χ4v) is 3.37. The predicted molar refractivity (Wildman–Crippen MR) is 103 cm³/mol. The molecular formula is C23H21N. The van der Waals surface area contributed by atoms with Crippen LogP contribution in [-0.4, -0.2) is 4.98 Å². The van der Waals surface area contributed by atoms with Crippen LogP contribution in [0.3, 0.4) is 0 Å². The van der Waals surface area contributed by atoms with Crippen molar-refractivity contribution in [3.05, 3.63) is 78.4 Å². The fraction of sp³-hybridized carbons (Fsp3) is 0.174. The quantitative estimate of drug-likeness (QED) is 0.397. The van der Waals surface area contributed by atoms with Gasteiger partial charge in [0, 0.05) is 10.9 Å². The van der Waals surface area contributed by atoms with E-state index in [1.165, 1.54) is 40.1 Å². The highest BCUT2D eigenvalue weighted by Gasteiger charge is 2.10. The van der Waals surface area contributed by atoms with Gasteiger partial charge in [0.15, 0.2) is 0 Å². The lowest BCUT2D eigenvalue weighted by Gasteiger charge is -2.12. The van der Waals surface area contributed by atoms with Crippen molar-refractivity contribution in [2.75, 3.05) is 0 Å². The molecule has 24 heavy (non-hydrogen) atoms. The first kappa shape index (κ1) is 14.9. The molecule has 0 spiro atoms. The lowest BCUT2D eigenvalue weighted by Crippen LogP contribution is -1.95. The summed E-state index contributed by atoms with van der Waals surface area (Å²) < 4.78 is 0. The van der Waals surface area contributed by atoms with Gasteiger partial charge in [-0.1, -0.05) is 74.0 Å². The van der Waals surface area contributed by atoms with Gasteiger partial charge in [-0.25, -0.2) is 4.98 Å². The zero-order valence-corrected chi connectivity index (χ0v) is 14.0. The molecule has 3 aromatic carbocycles. The highest BCUT2D eigenvalue weighted by molar-refractivity contribution is 6.06. The number of hydrogen-bond acceptors (Lipinski definition) is 1. The molecule has 1 heterocycles. The number of aromatic nitrogens is 1. The van der Waals surface area contributed by atoms with Crippen LogP contribution in [-0.2, 0) is 6.42 Å². The third-order valence-electron chi connectivity index (χ3n) is 4.65. The van der Waals surface area contributed by atoms with Crippen LogP contribution in [0.5, 0.6) is 0 Å². The van der Waals surface area contributed by atoms with Crippen molar-refractivity contribution in [3.63, 3.8) is 0 Å². The van der Waals surface area contributed by atoms with Crippen LogP contribution >= 0.6 is 0 Å². The number of rotatable bonds is 4. The number of aryl methyl sites for hydroxylation is 1. The van der Waals surface area contributed by atoms with Gasteiger partial charge in [-0.05, 0) is 41.3 Å². The predicted octanol–water partition coefficient (Wildman–Crippen LogP) is 6.40. The molecule has 1 heteroatoms. The normalized spacial score (nSPS) is 11.2. The average Bonchev–Trinajstić information content (AvgIpc) is 2.66. The van der Waals surface area contributed by atoms with Crippen molar-refractivity contribution < 1.29 is 0 Å². The van der Waals surface area contributed by atoms with E-state index in [-0.39, 0.29) is 0 Å². The Morgan fingerprint density at radius 1 is 0.792 bits per heavy atom. The smallest absolute Gasteiger partial charge is 0.0741 e. The minimum absolute atomic E-state index is 1.08. The zero-order chi connectivity index (χ0) is 16.4. The molecule has 0 saturated carbocycles. The van der Waals surface area contributed by atoms with Crippen LogP contribution in [0.2, 0.25) is 0 Å². The summed E-state index contributed by atoms with van der Waals surface area (Å²) in [6.45, 7) is 2.24. The second kappa shape index (κ2) is 6.45. The van der Waals surface area contributed by atoms with Crippen molar-refractivity contribution >= 4 is 21.7 Å². The van der Waals surface area contributed by atoms with E-state index in [0.717, 1.165) is 17.6 Å². The van der Waals surface area contributed by atoms with E-state index in [4.69, 9.17) is 4.98 Å². The number of unbranched alkanes of at least 4 members (excludes halogenated alkanes) is 1. The zero-order valence-electron chi connectivity index (χ0n) is 14.0. The Balaban J connectivity index is 1.99. The van der Waals surface area contributed by atoms with Gasteiger partial charge in [-0.3, -0.25) is 0 Å². The van der Waals surface area contributed by atoms with Crippen molar-refractivity contribution in [2.24, 2.45) is 0 Å². The SMILES string of the molecule is CCCCc1cc2c(ccc3ccccc32)nc1-c1ccccc1. The second-order valence-corrected chi connectivity index (χ2v) is 6.32. The van der Waals surface area contributed by atoms with Crippen molar-refractivity contribution in [1.29, 1.82) is 0 Å². The molecule has 0 bridgehead atoms. The summed E-state index contributed by atoms with van der Waals surface area (Å²) in [5, 5.41) is 3.83. The third-order valence-corrected chi connectivity index (χ3v) is 4.65. The van der Waals surface area contributed by atoms with Crippen LogP contribution < -0.4 is 0 Å². The van der Waals surface area contributed by atoms with Gasteiger partial charge in [0.1, 0.15) is 0 Å². The third kappa shape index (κ3) is 2.67. The Bertz CT molecular complexity index is 987. The van der Waals surface area contributed by atoms with E-state index in [9.17, 15) is 0 Å². The van der Waals surface area contributed by atoms with Gasteiger partial charge in [0.2, 0.25) is 0 Å². The Morgan fingerprint density at radius 2 is 1.58 bits per heavy atom. The van der Waals surface area contributed by atoms with Crippen molar-refractivity contribution in [1.82, 2.24) is 4.98 Å². The highest BCUT2D eigenvalue weighted by Crippen LogP contribution is 2.31. The molecule has 0 aliphatic rings. The van der Waals surface area contributed by atoms with E-state index in [0.29, 0.717) is 0 Å². The van der Waals surface area contributed by atoms with Gasteiger partial charge in [-0.2, -0.15) is 0 Å². The number of pyridine rings is 1. The number of hydrogen-bond donors (Lipinski definition) is 0. The maximum Gasteiger partial charge on any atom is 0.0741 e. The molecule has 4 rings (SSSR count). The Hall–Kier alpha value is -2.67. The maximum absolute atomic E-state index is 5.05. The molecule has 1 nitrogen and oxygen atoms in total. The lowest BCUT2D eigenvalue weighted by molar-refractivity contribution is 0.795. The average molecular weight is 311 g/mol. The van der Waals surface area contributed by atoms with E-state index < -0.39 is 0 Å². The molecular weight excluding hydrogens is 290 g/mol. The summed E-state index contributed by atoms with van der Waals surface area (Å²) in [4.78, 5) is 5.05. The molecule has 118 valence electrons. The Labute approximate surface area is 143 Å². The molecule has 4 aromatic rings. The first-order valence-corrected chi connectivity index (χ1v) is 8.73. The molecule has 0 radical (unpaired) electrons. The fourth-order valence-electron chi connectivity index (χ4n) is 3.37. The van der Waals surface area contributed by atoms with Gasteiger partial charge in [0.05, 0.1) is 11.2 Å². The largest absolute Gasteiger partial charge is 0.247 e. The summed E-state index contributed by atoms with van der Waals surface area (Å²) in [6, 6.07) is 25.8. The summed E-state index contributed by atoms with van der Waals surface area (Å²) in [5.74, 6) is 0. The first-order chi connectivity index (χ1) is 11.9. The van der Waals surface area contributed by atoms with Crippen LogP contribution in [0, 0.1) is 0 Å². The topological polar surface area (TPSA) is 12.9 Å². The van der Waals surface area contributed by atoms with Crippen LogP contribution in [0.4, 0.5) is 0 Å². The van der Waals surface area contributed by atoms with Crippen LogP contribution in [0.1, 0.15) is 25.3 Å². The van der Waals surface area contributed by atoms with Crippen LogP contribution in [0.25, 0.3) is 32.9 Å². The van der Waals surface area contributed by atoms with Crippen molar-refractivity contribution in [3.8, 4) is 11.3 Å². The Kier molecular flexibility index (Phi) is 4.00. The van der Waals surface area contributed by atoms with Crippen molar-refractivity contribution in [2.45, 2.75) is 26.2 Å². The summed E-state index contributed by atoms with van der Waals surface area (Å²) in [5.41, 5.74) is 4.77. The van der Waals surface area contributed by atoms with E-state index in [1.54, 1.807) is 0 Å². The van der Waals surface area contributed by atoms with E-state index >= 15 is 0 Å². The number of fused-ring (bicyclic) bond motifs is 3. The first-order valence-electron chi connectivity index (χ1n) is 8.73. The van der Waals surface area contributed by atoms with E-state index in [1.807, 2.05) is 0 Å². The Morgan fingerprint density at radius 3 is 2.42 bits per heavy atom. The van der Waals surface area contributed by atoms with Gasteiger partial charge in [-0.15, -0.1) is 0 Å². The van der Waals surface area contributed by atoms with Gasteiger partial charge in [0.25, 0.3) is 0 Å². The molecule has 0 unspecified atom stereocenters. The molecule has 0 aliphatic carbocycles. The number of benzene rings is 3. The maximum atomic E-state index is 5.05. The lowest BCUT2D eigenvalue weighted by atomic mass is 9.97. The van der Waals surface area contributed by atoms with Gasteiger partial charge >= 0.3 is 0 Å². The van der Waals surface area contributed by atoms with E-state index in [2.05, 4.69) is 79.7 Å². The summed E-state index contributed by atoms with van der Waals surface area (Å²) >= 11 is 0. The monoisotopic (exact) mass is 311 g/mol.